The maximum atomic E-state index is 13.0. The Morgan fingerprint density at radius 2 is 1.78 bits per heavy atom. The summed E-state index contributed by atoms with van der Waals surface area (Å²) in [4.78, 5) is 27.2. The Morgan fingerprint density at radius 1 is 1.13 bits per heavy atom. The van der Waals surface area contributed by atoms with Gasteiger partial charge in [0.05, 0.1) is 11.5 Å². The van der Waals surface area contributed by atoms with Crippen LogP contribution in [0.4, 0.5) is 10.2 Å². The topological polar surface area (TPSA) is 79.3 Å². The Morgan fingerprint density at radius 3 is 2.26 bits per heavy atom. The number of halogens is 1. The molecule has 0 bridgehead atoms. The predicted molar refractivity (Wildman–Crippen MR) is 83.8 cm³/mol. The fraction of sp³-hybridized carbons (Fsp3) is 0.235. The van der Waals surface area contributed by atoms with E-state index < -0.39 is 11.9 Å². The monoisotopic (exact) mass is 316 g/mol. The second kappa shape index (κ2) is 7.00. The van der Waals surface area contributed by atoms with Crippen LogP contribution in [-0.4, -0.2) is 22.0 Å². The normalized spacial score (nSPS) is 12.0. The predicted octanol–water partition coefficient (Wildman–Crippen LogP) is 3.30. The number of aromatic carboxylic acids is 1. The van der Waals surface area contributed by atoms with Gasteiger partial charge in [0.1, 0.15) is 11.6 Å². The van der Waals surface area contributed by atoms with Crippen LogP contribution in [0, 0.1) is 11.7 Å². The minimum Gasteiger partial charge on any atom is -0.478 e. The highest BCUT2D eigenvalue weighted by molar-refractivity contribution is 5.95. The van der Waals surface area contributed by atoms with Gasteiger partial charge in [-0.3, -0.25) is 4.79 Å². The number of carbonyl (C=O) groups excluding carboxylic acids is 1. The lowest BCUT2D eigenvalue weighted by atomic mass is 9.87. The van der Waals surface area contributed by atoms with E-state index in [9.17, 15) is 14.0 Å². The summed E-state index contributed by atoms with van der Waals surface area (Å²) in [6, 6.07) is 8.60. The van der Waals surface area contributed by atoms with E-state index >= 15 is 0 Å². The number of hydrogen-bond donors (Lipinski definition) is 2. The average molecular weight is 316 g/mol. The number of amides is 1. The molecule has 0 saturated carbocycles. The number of carboxylic acid groups (broad SMARTS) is 1. The summed E-state index contributed by atoms with van der Waals surface area (Å²) >= 11 is 0. The summed E-state index contributed by atoms with van der Waals surface area (Å²) in [5, 5.41) is 11.5. The van der Waals surface area contributed by atoms with Gasteiger partial charge in [0, 0.05) is 6.20 Å². The number of hydrogen-bond acceptors (Lipinski definition) is 3. The molecule has 0 saturated heterocycles. The van der Waals surface area contributed by atoms with Crippen LogP contribution >= 0.6 is 0 Å². The van der Waals surface area contributed by atoms with Gasteiger partial charge in [-0.05, 0) is 35.7 Å². The summed E-state index contributed by atoms with van der Waals surface area (Å²) in [5.74, 6) is -1.91. The fourth-order valence-corrected chi connectivity index (χ4v) is 2.31. The zero-order chi connectivity index (χ0) is 17.0. The molecule has 2 rings (SSSR count). The first kappa shape index (κ1) is 16.6. The summed E-state index contributed by atoms with van der Waals surface area (Å²) in [5.41, 5.74) is 0.753. The number of aromatic nitrogens is 1. The number of nitrogens with one attached hydrogen (secondary N) is 1. The van der Waals surface area contributed by atoms with Crippen LogP contribution in [0.15, 0.2) is 42.6 Å². The van der Waals surface area contributed by atoms with Gasteiger partial charge in [-0.25, -0.2) is 14.2 Å². The van der Waals surface area contributed by atoms with Crippen molar-refractivity contribution in [3.05, 3.63) is 59.5 Å². The molecular formula is C17H17FN2O3. The van der Waals surface area contributed by atoms with Crippen molar-refractivity contribution in [2.45, 2.75) is 19.8 Å². The number of anilines is 1. The van der Waals surface area contributed by atoms with Crippen molar-refractivity contribution in [1.29, 1.82) is 0 Å². The Labute approximate surface area is 133 Å². The Balaban J connectivity index is 2.18. The molecule has 1 aromatic heterocycles. The molecule has 120 valence electrons. The van der Waals surface area contributed by atoms with Crippen molar-refractivity contribution < 1.29 is 19.1 Å². The molecule has 0 radical (unpaired) electrons. The molecule has 1 amide bonds. The molecule has 0 fully saturated rings. The van der Waals surface area contributed by atoms with Crippen molar-refractivity contribution in [2.75, 3.05) is 5.32 Å². The number of rotatable bonds is 5. The molecule has 23 heavy (non-hydrogen) atoms. The third-order valence-corrected chi connectivity index (χ3v) is 3.44. The largest absolute Gasteiger partial charge is 0.478 e. The lowest BCUT2D eigenvalue weighted by Crippen LogP contribution is -2.25. The van der Waals surface area contributed by atoms with Crippen LogP contribution in [0.1, 0.15) is 35.7 Å². The van der Waals surface area contributed by atoms with E-state index in [1.54, 1.807) is 12.1 Å². The highest BCUT2D eigenvalue weighted by Gasteiger charge is 2.24. The Kier molecular flexibility index (Phi) is 5.05. The van der Waals surface area contributed by atoms with Gasteiger partial charge in [0.15, 0.2) is 0 Å². The molecule has 1 heterocycles. The van der Waals surface area contributed by atoms with E-state index in [0.717, 1.165) is 0 Å². The third kappa shape index (κ3) is 4.12. The van der Waals surface area contributed by atoms with Crippen molar-refractivity contribution >= 4 is 17.7 Å². The highest BCUT2D eigenvalue weighted by Crippen LogP contribution is 2.26. The second-order valence-corrected chi connectivity index (χ2v) is 5.50. The molecule has 0 aliphatic heterocycles. The average Bonchev–Trinajstić information content (AvgIpc) is 2.49. The number of nitrogens with zero attached hydrogens (tertiary/aromatic N) is 1. The van der Waals surface area contributed by atoms with E-state index in [1.807, 2.05) is 13.8 Å². The van der Waals surface area contributed by atoms with Crippen molar-refractivity contribution in [1.82, 2.24) is 4.98 Å². The van der Waals surface area contributed by atoms with Gasteiger partial charge in [-0.1, -0.05) is 26.0 Å². The number of pyridine rings is 1. The van der Waals surface area contributed by atoms with Crippen LogP contribution in [0.25, 0.3) is 0 Å². The number of benzene rings is 1. The Hall–Kier alpha value is -2.76. The van der Waals surface area contributed by atoms with Crippen LogP contribution in [0.3, 0.4) is 0 Å². The SMILES string of the molecule is CC(C)C(C(=O)Nc1ccc(C(=O)O)cn1)c1ccc(F)cc1. The Bertz CT molecular complexity index is 697. The second-order valence-electron chi connectivity index (χ2n) is 5.50. The number of carboxylic acids is 1. The van der Waals surface area contributed by atoms with E-state index in [0.29, 0.717) is 5.56 Å². The minimum atomic E-state index is -1.08. The minimum absolute atomic E-state index is 0.00115. The van der Waals surface area contributed by atoms with E-state index in [2.05, 4.69) is 10.3 Å². The third-order valence-electron chi connectivity index (χ3n) is 3.44. The quantitative estimate of drug-likeness (QED) is 0.887. The zero-order valence-corrected chi connectivity index (χ0v) is 12.8. The summed E-state index contributed by atoms with van der Waals surface area (Å²) < 4.78 is 13.0. The molecular weight excluding hydrogens is 299 g/mol. The maximum absolute atomic E-state index is 13.0. The van der Waals surface area contributed by atoms with E-state index in [-0.39, 0.29) is 29.0 Å². The van der Waals surface area contributed by atoms with Gasteiger partial charge < -0.3 is 10.4 Å². The lowest BCUT2D eigenvalue weighted by Gasteiger charge is -2.20. The van der Waals surface area contributed by atoms with Crippen molar-refractivity contribution in [3.8, 4) is 0 Å². The summed E-state index contributed by atoms with van der Waals surface area (Å²) in [7, 11) is 0. The van der Waals surface area contributed by atoms with Crippen molar-refractivity contribution in [3.63, 3.8) is 0 Å². The first-order chi connectivity index (χ1) is 10.9. The van der Waals surface area contributed by atoms with Gasteiger partial charge >= 0.3 is 5.97 Å². The lowest BCUT2D eigenvalue weighted by molar-refractivity contribution is -0.118. The van der Waals surface area contributed by atoms with Gasteiger partial charge in [-0.15, -0.1) is 0 Å². The molecule has 5 nitrogen and oxygen atoms in total. The molecule has 1 atom stereocenters. The van der Waals surface area contributed by atoms with E-state index in [4.69, 9.17) is 5.11 Å². The fourth-order valence-electron chi connectivity index (χ4n) is 2.31. The molecule has 2 N–H and O–H groups in total. The first-order valence-electron chi connectivity index (χ1n) is 7.14. The van der Waals surface area contributed by atoms with Gasteiger partial charge in [0.2, 0.25) is 5.91 Å². The first-order valence-corrected chi connectivity index (χ1v) is 7.14. The highest BCUT2D eigenvalue weighted by atomic mass is 19.1. The van der Waals surface area contributed by atoms with Crippen molar-refractivity contribution in [2.24, 2.45) is 5.92 Å². The smallest absolute Gasteiger partial charge is 0.337 e. The molecule has 6 heteroatoms. The molecule has 0 aliphatic carbocycles. The maximum Gasteiger partial charge on any atom is 0.337 e. The van der Waals surface area contributed by atoms with E-state index in [1.165, 1.54) is 30.5 Å². The van der Waals surface area contributed by atoms with Crippen LogP contribution in [-0.2, 0) is 4.79 Å². The standard InChI is InChI=1S/C17H17FN2O3/c1-10(2)15(11-3-6-13(18)7-4-11)16(21)20-14-8-5-12(9-19-14)17(22)23/h3-10,15H,1-2H3,(H,22,23)(H,19,20,21). The van der Waals surface area contributed by atoms with Crippen LogP contribution in [0.5, 0.6) is 0 Å². The zero-order valence-electron chi connectivity index (χ0n) is 12.8. The summed E-state index contributed by atoms with van der Waals surface area (Å²) in [6.45, 7) is 3.79. The molecule has 2 aromatic rings. The van der Waals surface area contributed by atoms with Crippen LogP contribution in [0.2, 0.25) is 0 Å². The van der Waals surface area contributed by atoms with Gasteiger partial charge in [-0.2, -0.15) is 0 Å². The number of carbonyl (C=O) groups is 2. The van der Waals surface area contributed by atoms with Crippen LogP contribution < -0.4 is 5.32 Å². The van der Waals surface area contributed by atoms with Gasteiger partial charge in [0.25, 0.3) is 0 Å². The molecule has 1 unspecified atom stereocenters. The summed E-state index contributed by atoms with van der Waals surface area (Å²) in [6.07, 6.45) is 1.18. The molecule has 0 aliphatic rings. The molecule has 0 spiro atoms. The molecule has 1 aromatic carbocycles.